The van der Waals surface area contributed by atoms with Crippen LogP contribution in [-0.2, 0) is 33.8 Å². The van der Waals surface area contributed by atoms with E-state index >= 15 is 0 Å². The van der Waals surface area contributed by atoms with Crippen LogP contribution in [0, 0.1) is 25.5 Å². The quantitative estimate of drug-likeness (QED) is 0.161. The van der Waals surface area contributed by atoms with Crippen molar-refractivity contribution in [1.29, 1.82) is 0 Å². The number of hydrogen-bond acceptors (Lipinski definition) is 7. The van der Waals surface area contributed by atoms with Crippen molar-refractivity contribution in [3.05, 3.63) is 136 Å². The Kier molecular flexibility index (Phi) is 17.2. The smallest absolute Gasteiger partial charge is 0.237 e. The summed E-state index contributed by atoms with van der Waals surface area (Å²) < 4.78 is 31.8. The van der Waals surface area contributed by atoms with E-state index in [1.807, 2.05) is 63.8 Å². The molecule has 336 valence electrons. The number of aromatic nitrogens is 4. The number of amides is 2. The van der Waals surface area contributed by atoms with Gasteiger partial charge < -0.3 is 24.7 Å². The largest absolute Gasteiger partial charge is 0.329 e. The highest BCUT2D eigenvalue weighted by Gasteiger charge is 2.42. The van der Waals surface area contributed by atoms with Crippen molar-refractivity contribution in [2.75, 3.05) is 19.6 Å². The van der Waals surface area contributed by atoms with Gasteiger partial charge in [0.2, 0.25) is 11.8 Å². The third-order valence-electron chi connectivity index (χ3n) is 10.9. The van der Waals surface area contributed by atoms with Gasteiger partial charge in [-0.15, -0.1) is 12.6 Å². The Balaban J connectivity index is 0.000000234. The van der Waals surface area contributed by atoms with Crippen LogP contribution in [-0.4, -0.2) is 60.4 Å². The van der Waals surface area contributed by atoms with E-state index < -0.39 is 11.1 Å². The Labute approximate surface area is 390 Å². The van der Waals surface area contributed by atoms with Gasteiger partial charge in [-0.25, -0.2) is 18.7 Å². The summed E-state index contributed by atoms with van der Waals surface area (Å²) in [5.74, 6) is 1.14. The molecular weight excluding hydrogens is 901 g/mol. The van der Waals surface area contributed by atoms with E-state index in [4.69, 9.17) is 15.7 Å². The van der Waals surface area contributed by atoms with E-state index in [0.717, 1.165) is 53.6 Å². The number of nitrogens with zero attached hydrogens (tertiary/aromatic N) is 6. The van der Waals surface area contributed by atoms with Crippen LogP contribution in [0.2, 0.25) is 0 Å². The van der Waals surface area contributed by atoms with E-state index in [0.29, 0.717) is 32.6 Å². The van der Waals surface area contributed by atoms with Crippen LogP contribution in [0.1, 0.15) is 78.7 Å². The fourth-order valence-electron chi connectivity index (χ4n) is 7.54. The lowest BCUT2D eigenvalue weighted by Crippen LogP contribution is -2.53. The first-order valence-corrected chi connectivity index (χ1v) is 22.2. The molecule has 0 fully saturated rings. The predicted octanol–water partition coefficient (Wildman–Crippen LogP) is 11.7. The van der Waals surface area contributed by atoms with E-state index in [1.165, 1.54) is 35.4 Å². The molecule has 2 aromatic heterocycles. The third-order valence-corrected chi connectivity index (χ3v) is 13.2. The van der Waals surface area contributed by atoms with Gasteiger partial charge in [0, 0.05) is 53.5 Å². The van der Waals surface area contributed by atoms with Gasteiger partial charge in [-0.3, -0.25) is 9.59 Å². The minimum Gasteiger partial charge on any atom is -0.329 e. The number of hydrogen-bond donors (Lipinski definition) is 2. The van der Waals surface area contributed by atoms with Gasteiger partial charge in [0.15, 0.2) is 0 Å². The van der Waals surface area contributed by atoms with E-state index in [9.17, 15) is 18.4 Å². The van der Waals surface area contributed by atoms with Gasteiger partial charge in [0.05, 0.1) is 17.6 Å². The van der Waals surface area contributed by atoms with Crippen molar-refractivity contribution >= 4 is 52.1 Å². The summed E-state index contributed by atoms with van der Waals surface area (Å²) in [5, 5.41) is 0.994. The molecule has 8 rings (SSSR count). The number of aryl methyl sites for hydroxylation is 2. The molecule has 6 aromatic rings. The van der Waals surface area contributed by atoms with E-state index in [1.54, 1.807) is 40.9 Å². The van der Waals surface area contributed by atoms with Crippen LogP contribution < -0.4 is 5.73 Å². The van der Waals surface area contributed by atoms with E-state index in [-0.39, 0.29) is 44.8 Å². The number of fused-ring (bicyclic) bond motifs is 2. The van der Waals surface area contributed by atoms with Crippen molar-refractivity contribution < 1.29 is 18.4 Å². The maximum atomic E-state index is 13.5. The number of carbonyl (C=O) groups excluding carboxylic acids is 2. The molecule has 4 heterocycles. The molecule has 0 saturated carbocycles. The summed E-state index contributed by atoms with van der Waals surface area (Å²) in [7, 11) is 0. The average Bonchev–Trinajstić information content (AvgIpc) is 3.79. The second kappa shape index (κ2) is 21.3. The number of rotatable bonds is 6. The van der Waals surface area contributed by atoms with Gasteiger partial charge in [-0.05, 0) is 130 Å². The van der Waals surface area contributed by atoms with Crippen molar-refractivity contribution in [2.24, 2.45) is 5.73 Å². The van der Waals surface area contributed by atoms with Crippen LogP contribution in [0.5, 0.6) is 0 Å². The molecule has 0 saturated heterocycles. The highest BCUT2D eigenvalue weighted by atomic mass is 79.9. The SMILES string of the molecule is C.C.CCC(=O)N1CCn2c(nc(-c3ccc(F)cc3)c2Br)C1(C)C.Cc1ccc(S)cc1.Cc1ccc(Sc2c(-c3ccc(F)cc3)nc3n2CCN(C(=O)CN)C3(C)C)cc1. The molecule has 2 aliphatic heterocycles. The van der Waals surface area contributed by atoms with Gasteiger partial charge in [0.25, 0.3) is 0 Å². The monoisotopic (exact) mass is 959 g/mol. The van der Waals surface area contributed by atoms with Crippen LogP contribution in [0.3, 0.4) is 0 Å². The molecule has 0 radical (unpaired) electrons. The third kappa shape index (κ3) is 11.1. The molecule has 0 aliphatic carbocycles. The van der Waals surface area contributed by atoms with Crippen molar-refractivity contribution in [1.82, 2.24) is 28.9 Å². The van der Waals surface area contributed by atoms with Gasteiger partial charge >= 0.3 is 0 Å². The first-order valence-electron chi connectivity index (χ1n) is 20.2. The van der Waals surface area contributed by atoms with Crippen LogP contribution in [0.4, 0.5) is 8.78 Å². The zero-order valence-corrected chi connectivity index (χ0v) is 38.8. The first-order chi connectivity index (χ1) is 29.0. The normalized spacial score (nSPS) is 14.3. The number of halogens is 3. The minimum atomic E-state index is -0.602. The Morgan fingerprint density at radius 1 is 0.683 bits per heavy atom. The van der Waals surface area contributed by atoms with Crippen LogP contribution in [0.25, 0.3) is 22.5 Å². The van der Waals surface area contributed by atoms with Crippen molar-refractivity contribution in [3.63, 3.8) is 0 Å². The Hall–Kier alpha value is -4.76. The number of carbonyl (C=O) groups is 2. The first kappa shape index (κ1) is 50.9. The molecule has 14 heteroatoms. The number of thiol groups is 1. The molecular formula is C49H60BrF2N7O2S2. The number of nitrogens with two attached hydrogens (primary N) is 1. The Morgan fingerprint density at radius 3 is 1.59 bits per heavy atom. The summed E-state index contributed by atoms with van der Waals surface area (Å²) in [6.07, 6.45) is 0.482. The Morgan fingerprint density at radius 2 is 1.11 bits per heavy atom. The number of imidazole rings is 2. The highest BCUT2D eigenvalue weighted by molar-refractivity contribution is 9.10. The zero-order valence-electron chi connectivity index (χ0n) is 35.5. The predicted molar refractivity (Wildman–Crippen MR) is 259 cm³/mol. The second-order valence-corrected chi connectivity index (χ2v) is 18.3. The fourth-order valence-corrected chi connectivity index (χ4v) is 9.40. The Bertz CT molecular complexity index is 2460. The lowest BCUT2D eigenvalue weighted by Gasteiger charge is -2.42. The molecule has 0 bridgehead atoms. The van der Waals surface area contributed by atoms with E-state index in [2.05, 4.69) is 75.8 Å². The van der Waals surface area contributed by atoms with Gasteiger partial charge in [-0.2, -0.15) is 0 Å². The lowest BCUT2D eigenvalue weighted by atomic mass is 9.98. The second-order valence-electron chi connectivity index (χ2n) is 16.0. The van der Waals surface area contributed by atoms with Crippen molar-refractivity contribution in [3.8, 4) is 22.5 Å². The van der Waals surface area contributed by atoms with Crippen LogP contribution >= 0.6 is 40.3 Å². The topological polar surface area (TPSA) is 102 Å². The minimum absolute atomic E-state index is 0. The molecule has 63 heavy (non-hydrogen) atoms. The summed E-state index contributed by atoms with van der Waals surface area (Å²) in [6.45, 7) is 16.5. The maximum absolute atomic E-state index is 13.5. The molecule has 9 nitrogen and oxygen atoms in total. The maximum Gasteiger partial charge on any atom is 0.237 e. The molecule has 0 atom stereocenters. The molecule has 4 aromatic carbocycles. The summed E-state index contributed by atoms with van der Waals surface area (Å²) in [4.78, 5) is 40.2. The average molecular weight is 961 g/mol. The molecule has 0 spiro atoms. The fraction of sp³-hybridized carbons (Fsp3) is 0.347. The van der Waals surface area contributed by atoms with Crippen molar-refractivity contribution in [2.45, 2.75) is 109 Å². The molecule has 2 N–H and O–H groups in total. The van der Waals surface area contributed by atoms with Gasteiger partial charge in [0.1, 0.15) is 44.3 Å². The van der Waals surface area contributed by atoms with Gasteiger partial charge in [-0.1, -0.05) is 68.9 Å². The molecule has 0 unspecified atom stereocenters. The molecule has 2 aliphatic rings. The molecule has 2 amide bonds. The van der Waals surface area contributed by atoms with Crippen LogP contribution in [0.15, 0.2) is 116 Å². The lowest BCUT2D eigenvalue weighted by molar-refractivity contribution is -0.138. The summed E-state index contributed by atoms with van der Waals surface area (Å²) >= 11 is 9.39. The number of benzene rings is 4. The zero-order chi connectivity index (χ0) is 44.2. The standard InChI is InChI=1S/C23H25FN4OS.C17H19BrFN3O.C7H8S.2CH4/c1-15-4-10-18(11-5-15)30-21-20(16-6-8-17(24)9-7-16)26-22-23(2,3)28(19(29)14-25)13-12-27(21)22;1-4-13(23)22-10-9-21-15(18)14(20-16(21)17(22,2)3)11-5-7-12(19)8-6-11;1-6-2-4-7(8)5-3-6;;/h4-11H,12-14,25H2,1-3H3;5-8H,4,9-10H2,1-3H3;2-5,8H,1H3;2*1H4. The summed E-state index contributed by atoms with van der Waals surface area (Å²) in [5.41, 5.74) is 10.3. The summed E-state index contributed by atoms with van der Waals surface area (Å²) in [6, 6.07) is 29.1. The highest BCUT2D eigenvalue weighted by Crippen LogP contribution is 2.43.